The van der Waals surface area contributed by atoms with Gasteiger partial charge in [0.15, 0.2) is 11.6 Å². The summed E-state index contributed by atoms with van der Waals surface area (Å²) in [4.78, 5) is 11.3. The van der Waals surface area contributed by atoms with Crippen molar-refractivity contribution in [2.75, 3.05) is 13.2 Å². The number of alkyl carbamates (subject to hydrolysis) is 1. The Balaban J connectivity index is 2.38. The smallest absolute Gasteiger partial charge is 0.407 e. The second kappa shape index (κ2) is 6.88. The molecule has 1 aromatic rings. The van der Waals surface area contributed by atoms with Crippen molar-refractivity contribution in [3.05, 3.63) is 28.2 Å². The molecule has 0 aliphatic heterocycles. The van der Waals surface area contributed by atoms with Gasteiger partial charge in [0, 0.05) is 6.07 Å². The first-order valence-electron chi connectivity index (χ1n) is 5.93. The summed E-state index contributed by atoms with van der Waals surface area (Å²) in [7, 11) is 0. The van der Waals surface area contributed by atoms with Crippen LogP contribution in [0.4, 0.5) is 13.6 Å². The van der Waals surface area contributed by atoms with Crippen LogP contribution in [-0.2, 0) is 4.74 Å². The number of carbonyl (C=O) groups is 1. The minimum absolute atomic E-state index is 0.00274. The average Bonchev–Trinajstić information content (AvgIpc) is 2.28. The van der Waals surface area contributed by atoms with Crippen molar-refractivity contribution < 1.29 is 23.0 Å². The molecule has 1 amide bonds. The topological polar surface area (TPSA) is 47.6 Å². The Hall–Kier alpha value is -1.37. The minimum Gasteiger partial charge on any atom is -0.489 e. The number of hydrogen-bond acceptors (Lipinski definition) is 3. The molecule has 0 atom stereocenters. The molecule has 0 fully saturated rings. The van der Waals surface area contributed by atoms with Crippen LogP contribution in [0.25, 0.3) is 0 Å². The number of benzene rings is 1. The zero-order chi connectivity index (χ0) is 15.3. The maximum absolute atomic E-state index is 13.4. The van der Waals surface area contributed by atoms with Gasteiger partial charge in [-0.1, -0.05) is 0 Å². The van der Waals surface area contributed by atoms with Crippen molar-refractivity contribution in [2.45, 2.75) is 26.4 Å². The molecule has 1 N–H and O–H groups in total. The summed E-state index contributed by atoms with van der Waals surface area (Å²) < 4.78 is 36.7. The first-order chi connectivity index (χ1) is 9.19. The second-order valence-corrected chi connectivity index (χ2v) is 5.83. The molecule has 0 radical (unpaired) electrons. The lowest BCUT2D eigenvalue weighted by atomic mass is 10.2. The van der Waals surface area contributed by atoms with Gasteiger partial charge < -0.3 is 14.8 Å². The Morgan fingerprint density at radius 1 is 1.30 bits per heavy atom. The molecule has 0 heterocycles. The van der Waals surface area contributed by atoms with Crippen LogP contribution in [-0.4, -0.2) is 24.8 Å². The Kier molecular flexibility index (Phi) is 5.74. The van der Waals surface area contributed by atoms with Gasteiger partial charge in [-0.2, -0.15) is 0 Å². The fraction of sp³-hybridized carbons (Fsp3) is 0.462. The first kappa shape index (κ1) is 16.7. The largest absolute Gasteiger partial charge is 0.489 e. The summed E-state index contributed by atoms with van der Waals surface area (Å²) in [5, 5.41) is 2.44. The van der Waals surface area contributed by atoms with E-state index in [-0.39, 0.29) is 23.4 Å². The van der Waals surface area contributed by atoms with E-state index in [1.165, 1.54) is 0 Å². The van der Waals surface area contributed by atoms with E-state index in [2.05, 4.69) is 21.2 Å². The normalized spacial score (nSPS) is 11.1. The van der Waals surface area contributed by atoms with Crippen molar-refractivity contribution in [1.82, 2.24) is 5.32 Å². The zero-order valence-corrected chi connectivity index (χ0v) is 13.0. The summed E-state index contributed by atoms with van der Waals surface area (Å²) in [5.41, 5.74) is -0.591. The average molecular weight is 352 g/mol. The molecule has 1 rings (SSSR count). The number of amides is 1. The van der Waals surface area contributed by atoms with Crippen LogP contribution in [0.2, 0.25) is 0 Å². The highest BCUT2D eigenvalue weighted by Crippen LogP contribution is 2.24. The highest BCUT2D eigenvalue weighted by atomic mass is 79.9. The lowest BCUT2D eigenvalue weighted by Gasteiger charge is -2.19. The third kappa shape index (κ3) is 5.73. The van der Waals surface area contributed by atoms with E-state index in [0.717, 1.165) is 12.1 Å². The van der Waals surface area contributed by atoms with Crippen LogP contribution in [0, 0.1) is 11.6 Å². The SMILES string of the molecule is CC(C)(C)OC(=O)NCCOc1cc(F)c(Br)cc1F. The van der Waals surface area contributed by atoms with Gasteiger partial charge in [0.05, 0.1) is 11.0 Å². The van der Waals surface area contributed by atoms with Crippen LogP contribution in [0.5, 0.6) is 5.75 Å². The molecule has 0 aliphatic carbocycles. The predicted molar refractivity (Wildman–Crippen MR) is 73.8 cm³/mol. The molecule has 0 bridgehead atoms. The molecule has 0 spiro atoms. The van der Waals surface area contributed by atoms with Crippen LogP contribution in [0.3, 0.4) is 0 Å². The summed E-state index contributed by atoms with van der Waals surface area (Å²) in [6.45, 7) is 5.33. The lowest BCUT2D eigenvalue weighted by Crippen LogP contribution is -2.34. The number of halogens is 3. The molecule has 0 unspecified atom stereocenters. The lowest BCUT2D eigenvalue weighted by molar-refractivity contribution is 0.0520. The van der Waals surface area contributed by atoms with E-state index < -0.39 is 23.3 Å². The van der Waals surface area contributed by atoms with E-state index in [9.17, 15) is 13.6 Å². The van der Waals surface area contributed by atoms with Crippen LogP contribution in [0.15, 0.2) is 16.6 Å². The Bertz CT molecular complexity index is 489. The van der Waals surface area contributed by atoms with Crippen molar-refractivity contribution in [2.24, 2.45) is 0 Å². The molecule has 0 aliphatic rings. The summed E-state index contributed by atoms with van der Waals surface area (Å²) >= 11 is 2.86. The molecule has 20 heavy (non-hydrogen) atoms. The zero-order valence-electron chi connectivity index (χ0n) is 11.4. The van der Waals surface area contributed by atoms with Gasteiger partial charge in [0.1, 0.15) is 18.0 Å². The number of carbonyl (C=O) groups excluding carboxylic acids is 1. The molecule has 0 saturated carbocycles. The Labute approximate surface area is 124 Å². The Morgan fingerprint density at radius 3 is 2.55 bits per heavy atom. The van der Waals surface area contributed by atoms with E-state index in [0.29, 0.717) is 0 Å². The van der Waals surface area contributed by atoms with Gasteiger partial charge in [0.2, 0.25) is 0 Å². The first-order valence-corrected chi connectivity index (χ1v) is 6.72. The van der Waals surface area contributed by atoms with Crippen molar-refractivity contribution in [3.8, 4) is 5.75 Å². The molecular weight excluding hydrogens is 336 g/mol. The maximum atomic E-state index is 13.4. The van der Waals surface area contributed by atoms with Crippen molar-refractivity contribution >= 4 is 22.0 Å². The van der Waals surface area contributed by atoms with Gasteiger partial charge in [-0.25, -0.2) is 13.6 Å². The number of hydrogen-bond donors (Lipinski definition) is 1. The maximum Gasteiger partial charge on any atom is 0.407 e. The summed E-state index contributed by atoms with van der Waals surface area (Å²) in [5.74, 6) is -1.52. The number of rotatable bonds is 4. The van der Waals surface area contributed by atoms with Gasteiger partial charge >= 0.3 is 6.09 Å². The fourth-order valence-corrected chi connectivity index (χ4v) is 1.56. The third-order valence-corrected chi connectivity index (χ3v) is 2.61. The predicted octanol–water partition coefficient (Wildman–Crippen LogP) is 3.63. The second-order valence-electron chi connectivity index (χ2n) is 4.97. The van der Waals surface area contributed by atoms with E-state index in [1.807, 2.05) is 0 Å². The van der Waals surface area contributed by atoms with E-state index >= 15 is 0 Å². The Morgan fingerprint density at radius 2 is 1.95 bits per heavy atom. The van der Waals surface area contributed by atoms with Gasteiger partial charge in [-0.3, -0.25) is 0 Å². The number of nitrogens with one attached hydrogen (secondary N) is 1. The van der Waals surface area contributed by atoms with Crippen molar-refractivity contribution in [3.63, 3.8) is 0 Å². The molecular formula is C13H16BrF2NO3. The van der Waals surface area contributed by atoms with Gasteiger partial charge in [-0.05, 0) is 42.8 Å². The minimum atomic E-state index is -0.685. The number of ether oxygens (including phenoxy) is 2. The third-order valence-electron chi connectivity index (χ3n) is 2.00. The van der Waals surface area contributed by atoms with E-state index in [1.54, 1.807) is 20.8 Å². The summed E-state index contributed by atoms with van der Waals surface area (Å²) in [6.07, 6.45) is -0.594. The highest BCUT2D eigenvalue weighted by molar-refractivity contribution is 9.10. The molecule has 112 valence electrons. The van der Waals surface area contributed by atoms with Gasteiger partial charge in [0.25, 0.3) is 0 Å². The monoisotopic (exact) mass is 351 g/mol. The summed E-state index contributed by atoms with van der Waals surface area (Å²) in [6, 6.07) is 1.92. The highest BCUT2D eigenvalue weighted by Gasteiger charge is 2.15. The van der Waals surface area contributed by atoms with Gasteiger partial charge in [-0.15, -0.1) is 0 Å². The molecule has 4 nitrogen and oxygen atoms in total. The molecule has 0 saturated heterocycles. The molecule has 0 aromatic heterocycles. The van der Waals surface area contributed by atoms with Crippen LogP contribution >= 0.6 is 15.9 Å². The molecule has 1 aromatic carbocycles. The van der Waals surface area contributed by atoms with Crippen LogP contribution in [0.1, 0.15) is 20.8 Å². The fourth-order valence-electron chi connectivity index (χ4n) is 1.24. The van der Waals surface area contributed by atoms with Crippen molar-refractivity contribution in [1.29, 1.82) is 0 Å². The standard InChI is InChI=1S/C13H16BrF2NO3/c1-13(2,3)20-12(18)17-4-5-19-11-7-9(15)8(14)6-10(11)16/h6-7H,4-5H2,1-3H3,(H,17,18). The molecule has 7 heteroatoms. The quantitative estimate of drug-likeness (QED) is 0.665. The van der Waals surface area contributed by atoms with E-state index in [4.69, 9.17) is 9.47 Å². The van der Waals surface area contributed by atoms with Crippen LogP contribution < -0.4 is 10.1 Å².